The van der Waals surface area contributed by atoms with E-state index in [1.807, 2.05) is 23.6 Å². The maximum Gasteiger partial charge on any atom is 0.166 e. The number of fused-ring (bicyclic) bond motifs is 2. The third-order valence-corrected chi connectivity index (χ3v) is 6.33. The molecule has 1 saturated heterocycles. The monoisotopic (exact) mass is 379 g/mol. The summed E-state index contributed by atoms with van der Waals surface area (Å²) >= 11 is 0. The molecule has 1 aliphatic carbocycles. The summed E-state index contributed by atoms with van der Waals surface area (Å²) in [7, 11) is 0. The molecule has 1 fully saturated rings. The second-order valence-corrected chi connectivity index (χ2v) is 8.00. The molecule has 3 atom stereocenters. The summed E-state index contributed by atoms with van der Waals surface area (Å²) in [6.45, 7) is 3.57. The van der Waals surface area contributed by atoms with E-state index in [4.69, 9.17) is 0 Å². The van der Waals surface area contributed by atoms with E-state index in [1.54, 1.807) is 12.7 Å². The predicted octanol–water partition coefficient (Wildman–Crippen LogP) is 1.93. The Balaban J connectivity index is 1.50. The van der Waals surface area contributed by atoms with Gasteiger partial charge in [0.2, 0.25) is 0 Å². The van der Waals surface area contributed by atoms with Crippen molar-refractivity contribution in [2.75, 3.05) is 18.0 Å². The number of piperidine rings is 1. The molecule has 3 heterocycles. The van der Waals surface area contributed by atoms with Crippen molar-refractivity contribution >= 4 is 17.0 Å². The van der Waals surface area contributed by atoms with Gasteiger partial charge in [0.1, 0.15) is 6.33 Å². The van der Waals surface area contributed by atoms with Gasteiger partial charge in [0.15, 0.2) is 17.0 Å². The van der Waals surface area contributed by atoms with E-state index < -0.39 is 6.10 Å². The highest BCUT2D eigenvalue weighted by atomic mass is 16.3. The number of aliphatic hydroxyl groups excluding tert-OH is 2. The van der Waals surface area contributed by atoms with Crippen LogP contribution in [0.3, 0.4) is 0 Å². The van der Waals surface area contributed by atoms with Gasteiger partial charge in [-0.1, -0.05) is 24.3 Å². The Labute approximate surface area is 163 Å². The number of imidazole rings is 1. The minimum Gasteiger partial charge on any atom is -0.393 e. The number of rotatable bonds is 3. The normalized spacial score (nSPS) is 23.9. The molecule has 0 bridgehead atoms. The van der Waals surface area contributed by atoms with Gasteiger partial charge in [0.05, 0.1) is 24.6 Å². The Kier molecular flexibility index (Phi) is 4.29. The van der Waals surface area contributed by atoms with Gasteiger partial charge < -0.3 is 19.7 Å². The molecular formula is C21H25N5O2. The third kappa shape index (κ3) is 2.77. The molecule has 1 aliphatic heterocycles. The van der Waals surface area contributed by atoms with Gasteiger partial charge in [-0.25, -0.2) is 15.0 Å². The van der Waals surface area contributed by atoms with Gasteiger partial charge >= 0.3 is 0 Å². The van der Waals surface area contributed by atoms with Crippen LogP contribution < -0.4 is 4.90 Å². The van der Waals surface area contributed by atoms with E-state index in [9.17, 15) is 10.2 Å². The molecule has 2 N–H and O–H groups in total. The fourth-order valence-corrected chi connectivity index (χ4v) is 4.76. The van der Waals surface area contributed by atoms with Crippen molar-refractivity contribution in [3.63, 3.8) is 0 Å². The molecule has 7 nitrogen and oxygen atoms in total. The smallest absolute Gasteiger partial charge is 0.166 e. The van der Waals surface area contributed by atoms with Crippen LogP contribution in [0, 0.1) is 5.92 Å². The zero-order chi connectivity index (χ0) is 19.3. The van der Waals surface area contributed by atoms with Crippen LogP contribution in [0.2, 0.25) is 0 Å². The van der Waals surface area contributed by atoms with E-state index in [0.29, 0.717) is 12.3 Å². The first-order valence-electron chi connectivity index (χ1n) is 10.00. The highest BCUT2D eigenvalue weighted by Crippen LogP contribution is 2.37. The lowest BCUT2D eigenvalue weighted by Gasteiger charge is -2.33. The number of hydrogen-bond acceptors (Lipinski definition) is 6. The van der Waals surface area contributed by atoms with Crippen LogP contribution in [0.1, 0.15) is 36.9 Å². The van der Waals surface area contributed by atoms with Gasteiger partial charge in [-0.3, -0.25) is 0 Å². The van der Waals surface area contributed by atoms with Crippen molar-refractivity contribution in [3.8, 4) is 0 Å². The van der Waals surface area contributed by atoms with Crippen LogP contribution in [0.5, 0.6) is 0 Å². The molecular weight excluding hydrogens is 354 g/mol. The molecule has 0 spiro atoms. The van der Waals surface area contributed by atoms with Crippen molar-refractivity contribution in [1.29, 1.82) is 0 Å². The van der Waals surface area contributed by atoms with Crippen LogP contribution in [0.4, 0.5) is 5.82 Å². The van der Waals surface area contributed by atoms with Gasteiger partial charge in [0, 0.05) is 19.5 Å². The Morgan fingerprint density at radius 3 is 2.68 bits per heavy atom. The van der Waals surface area contributed by atoms with Crippen molar-refractivity contribution in [2.24, 2.45) is 5.92 Å². The standard InChI is InChI=1S/C21H25N5O2/c1-13(27)14-6-8-25(9-7-14)20-18-21(23-11-22-20)26(12-24-18)19-16-5-3-2-4-15(16)10-17(19)28/h2-5,11-14,17,19,27-28H,6-10H2,1H3/t13-,17+,19+/m0/s1. The molecule has 5 rings (SSSR count). The number of aliphatic hydroxyl groups is 2. The fourth-order valence-electron chi connectivity index (χ4n) is 4.76. The molecule has 2 aliphatic rings. The fraction of sp³-hybridized carbons (Fsp3) is 0.476. The topological polar surface area (TPSA) is 87.3 Å². The van der Waals surface area contributed by atoms with Gasteiger partial charge in [-0.2, -0.15) is 0 Å². The minimum absolute atomic E-state index is 0.176. The molecule has 28 heavy (non-hydrogen) atoms. The zero-order valence-corrected chi connectivity index (χ0v) is 15.9. The summed E-state index contributed by atoms with van der Waals surface area (Å²) in [4.78, 5) is 15.9. The molecule has 0 unspecified atom stereocenters. The maximum atomic E-state index is 10.7. The minimum atomic E-state index is -0.491. The van der Waals surface area contributed by atoms with Crippen LogP contribution in [-0.2, 0) is 6.42 Å². The quantitative estimate of drug-likeness (QED) is 0.723. The predicted molar refractivity (Wildman–Crippen MR) is 106 cm³/mol. The lowest BCUT2D eigenvalue weighted by molar-refractivity contribution is 0.110. The van der Waals surface area contributed by atoms with Crippen molar-refractivity contribution in [3.05, 3.63) is 48.0 Å². The molecule has 146 valence electrons. The molecule has 7 heteroatoms. The molecule has 0 radical (unpaired) electrons. The van der Waals surface area contributed by atoms with Crippen molar-refractivity contribution in [1.82, 2.24) is 19.5 Å². The van der Waals surface area contributed by atoms with Crippen molar-refractivity contribution in [2.45, 2.75) is 44.4 Å². The Morgan fingerprint density at radius 1 is 1.11 bits per heavy atom. The average Bonchev–Trinajstić information content (AvgIpc) is 3.27. The highest BCUT2D eigenvalue weighted by molar-refractivity contribution is 5.83. The Hall–Kier alpha value is -2.51. The highest BCUT2D eigenvalue weighted by Gasteiger charge is 2.34. The van der Waals surface area contributed by atoms with Gasteiger partial charge in [-0.05, 0) is 36.8 Å². The lowest BCUT2D eigenvalue weighted by Crippen LogP contribution is -2.37. The third-order valence-electron chi connectivity index (χ3n) is 6.33. The first-order chi connectivity index (χ1) is 13.6. The van der Waals surface area contributed by atoms with E-state index in [2.05, 4.69) is 32.0 Å². The second kappa shape index (κ2) is 6.83. The first-order valence-corrected chi connectivity index (χ1v) is 10.00. The van der Waals surface area contributed by atoms with Crippen molar-refractivity contribution < 1.29 is 10.2 Å². The maximum absolute atomic E-state index is 10.7. The lowest BCUT2D eigenvalue weighted by atomic mass is 9.92. The second-order valence-electron chi connectivity index (χ2n) is 8.00. The van der Waals surface area contributed by atoms with Gasteiger partial charge in [-0.15, -0.1) is 0 Å². The Morgan fingerprint density at radius 2 is 1.89 bits per heavy atom. The Bertz CT molecular complexity index is 993. The molecule has 1 aromatic carbocycles. The molecule has 0 saturated carbocycles. The largest absolute Gasteiger partial charge is 0.393 e. The van der Waals surface area contributed by atoms with Crippen LogP contribution in [0.15, 0.2) is 36.9 Å². The van der Waals surface area contributed by atoms with E-state index in [1.165, 1.54) is 5.56 Å². The molecule has 3 aromatic rings. The van der Waals surface area contributed by atoms with Crippen LogP contribution in [0.25, 0.3) is 11.2 Å². The van der Waals surface area contributed by atoms with Crippen LogP contribution in [-0.4, -0.2) is 55.0 Å². The zero-order valence-electron chi connectivity index (χ0n) is 15.9. The number of nitrogens with zero attached hydrogens (tertiary/aromatic N) is 5. The molecule has 0 amide bonds. The van der Waals surface area contributed by atoms with E-state index >= 15 is 0 Å². The van der Waals surface area contributed by atoms with E-state index in [0.717, 1.165) is 48.5 Å². The van der Waals surface area contributed by atoms with Crippen LogP contribution >= 0.6 is 0 Å². The first kappa shape index (κ1) is 17.6. The summed E-state index contributed by atoms with van der Waals surface area (Å²) < 4.78 is 1.99. The number of aromatic nitrogens is 4. The van der Waals surface area contributed by atoms with E-state index in [-0.39, 0.29) is 12.1 Å². The number of hydrogen-bond donors (Lipinski definition) is 2. The summed E-state index contributed by atoms with van der Waals surface area (Å²) in [5, 5.41) is 20.6. The summed E-state index contributed by atoms with van der Waals surface area (Å²) in [6, 6.07) is 7.99. The van der Waals surface area contributed by atoms with Gasteiger partial charge in [0.25, 0.3) is 0 Å². The molecule has 2 aromatic heterocycles. The SMILES string of the molecule is C[C@H](O)C1CCN(c2ncnc3c2ncn3[C@@H]2c3ccccc3C[C@H]2O)CC1. The number of benzene rings is 1. The number of anilines is 1. The summed E-state index contributed by atoms with van der Waals surface area (Å²) in [5.74, 6) is 1.19. The summed E-state index contributed by atoms with van der Waals surface area (Å²) in [5.41, 5.74) is 3.83. The summed E-state index contributed by atoms with van der Waals surface area (Å²) in [6.07, 6.45) is 5.14. The average molecular weight is 379 g/mol.